The molecule has 0 unspecified atom stereocenters. The molecule has 5 heteroatoms. The first kappa shape index (κ1) is 8.80. The molecule has 5 nitrogen and oxygen atoms in total. The van der Waals surface area contributed by atoms with Crippen molar-refractivity contribution in [2.45, 2.75) is 13.3 Å². The molecule has 0 atom stereocenters. The van der Waals surface area contributed by atoms with Crippen LogP contribution in [0.25, 0.3) is 0 Å². The minimum absolute atomic E-state index is 0.453. The van der Waals surface area contributed by atoms with Crippen molar-refractivity contribution >= 4 is 6.01 Å². The third kappa shape index (κ3) is 2.12. The van der Waals surface area contributed by atoms with Gasteiger partial charge in [-0.15, -0.1) is 0 Å². The van der Waals surface area contributed by atoms with E-state index in [0.29, 0.717) is 11.8 Å². The van der Waals surface area contributed by atoms with Crippen molar-refractivity contribution in [3.05, 3.63) is 30.0 Å². The maximum absolute atomic E-state index is 5.17. The molecule has 0 aromatic carbocycles. The third-order valence-corrected chi connectivity index (χ3v) is 1.76. The first-order valence-corrected chi connectivity index (χ1v) is 4.41. The molecule has 2 aromatic rings. The van der Waals surface area contributed by atoms with Crippen molar-refractivity contribution in [3.63, 3.8) is 0 Å². The highest BCUT2D eigenvalue weighted by Gasteiger charge is 2.01. The predicted molar refractivity (Wildman–Crippen MR) is 49.9 cm³/mol. The fourth-order valence-corrected chi connectivity index (χ4v) is 1.12. The van der Waals surface area contributed by atoms with Crippen LogP contribution in [0.2, 0.25) is 0 Å². The fraction of sp³-hybridized carbons (Fsp3) is 0.333. The molecule has 1 N–H and O–H groups in total. The highest BCUT2D eigenvalue weighted by atomic mass is 16.5. The number of hydrogen-bond donors (Lipinski definition) is 1. The Morgan fingerprint density at radius 3 is 3.07 bits per heavy atom. The minimum atomic E-state index is 0.453. The van der Waals surface area contributed by atoms with Crippen LogP contribution in [-0.2, 0) is 6.42 Å². The van der Waals surface area contributed by atoms with Crippen LogP contribution in [-0.4, -0.2) is 16.7 Å². The molecule has 0 aliphatic rings. The summed E-state index contributed by atoms with van der Waals surface area (Å²) in [5.74, 6) is 1.57. The molecule has 14 heavy (non-hydrogen) atoms. The molecule has 0 radical (unpaired) electrons. The van der Waals surface area contributed by atoms with Gasteiger partial charge in [-0.3, -0.25) is 0 Å². The number of nitrogens with one attached hydrogen (secondary N) is 1. The van der Waals surface area contributed by atoms with Gasteiger partial charge in [-0.25, -0.2) is 0 Å². The Balaban J connectivity index is 1.78. The van der Waals surface area contributed by atoms with E-state index in [4.69, 9.17) is 8.94 Å². The zero-order chi connectivity index (χ0) is 9.80. The zero-order valence-corrected chi connectivity index (χ0v) is 7.86. The number of rotatable bonds is 4. The summed E-state index contributed by atoms with van der Waals surface area (Å²) in [7, 11) is 0. The van der Waals surface area contributed by atoms with Crippen LogP contribution in [0, 0.1) is 6.92 Å². The van der Waals surface area contributed by atoms with Gasteiger partial charge >= 0.3 is 6.01 Å². The van der Waals surface area contributed by atoms with Gasteiger partial charge in [-0.05, 0) is 19.1 Å². The summed E-state index contributed by atoms with van der Waals surface area (Å²) in [4.78, 5) is 4.01. The summed E-state index contributed by atoms with van der Waals surface area (Å²) < 4.78 is 10.1. The van der Waals surface area contributed by atoms with E-state index in [2.05, 4.69) is 15.5 Å². The summed E-state index contributed by atoms with van der Waals surface area (Å²) in [6.45, 7) is 2.50. The van der Waals surface area contributed by atoms with E-state index in [0.717, 1.165) is 18.7 Å². The third-order valence-electron chi connectivity index (χ3n) is 1.76. The van der Waals surface area contributed by atoms with Crippen molar-refractivity contribution in [1.82, 2.24) is 10.1 Å². The normalized spacial score (nSPS) is 10.4. The Hall–Kier alpha value is -1.78. The number of hydrogen-bond acceptors (Lipinski definition) is 5. The van der Waals surface area contributed by atoms with Crippen molar-refractivity contribution < 1.29 is 8.94 Å². The Bertz CT molecular complexity index is 380. The molecule has 0 amide bonds. The fourth-order valence-electron chi connectivity index (χ4n) is 1.12. The molecule has 74 valence electrons. The van der Waals surface area contributed by atoms with Crippen LogP contribution in [0.5, 0.6) is 0 Å². The average Bonchev–Trinajstić information content (AvgIpc) is 2.77. The quantitative estimate of drug-likeness (QED) is 0.799. The van der Waals surface area contributed by atoms with Gasteiger partial charge in [0.15, 0.2) is 5.82 Å². The Morgan fingerprint density at radius 1 is 1.50 bits per heavy atom. The molecule has 0 aliphatic heterocycles. The van der Waals surface area contributed by atoms with Gasteiger partial charge in [0.2, 0.25) is 0 Å². The Kier molecular flexibility index (Phi) is 2.48. The molecule has 0 bridgehead atoms. The topological polar surface area (TPSA) is 64.1 Å². The minimum Gasteiger partial charge on any atom is -0.469 e. The SMILES string of the molecule is Cc1noc(NCCc2ccco2)n1. The highest BCUT2D eigenvalue weighted by Crippen LogP contribution is 2.04. The van der Waals surface area contributed by atoms with Crippen molar-refractivity contribution in [2.24, 2.45) is 0 Å². The van der Waals surface area contributed by atoms with Gasteiger partial charge in [-0.2, -0.15) is 4.98 Å². The maximum atomic E-state index is 5.17. The van der Waals surface area contributed by atoms with Gasteiger partial charge in [0.1, 0.15) is 5.76 Å². The largest absolute Gasteiger partial charge is 0.469 e. The van der Waals surface area contributed by atoms with Gasteiger partial charge in [-0.1, -0.05) is 5.16 Å². The second-order valence-corrected chi connectivity index (χ2v) is 2.90. The molecule has 0 saturated carbocycles. The standard InChI is InChI=1S/C9H11N3O2/c1-7-11-9(14-12-7)10-5-4-8-3-2-6-13-8/h2-3,6H,4-5H2,1H3,(H,10,11,12). The average molecular weight is 193 g/mol. The van der Waals surface area contributed by atoms with Gasteiger partial charge < -0.3 is 14.3 Å². The number of anilines is 1. The zero-order valence-electron chi connectivity index (χ0n) is 7.86. The first-order valence-electron chi connectivity index (χ1n) is 4.41. The number of furan rings is 1. The summed E-state index contributed by atoms with van der Waals surface area (Å²) in [5.41, 5.74) is 0. The second kappa shape index (κ2) is 3.95. The van der Waals surface area contributed by atoms with Crippen molar-refractivity contribution in [2.75, 3.05) is 11.9 Å². The lowest BCUT2D eigenvalue weighted by Crippen LogP contribution is -2.04. The van der Waals surface area contributed by atoms with Crippen molar-refractivity contribution in [1.29, 1.82) is 0 Å². The molecule has 0 saturated heterocycles. The highest BCUT2D eigenvalue weighted by molar-refractivity contribution is 5.18. The van der Waals surface area contributed by atoms with Gasteiger partial charge in [0, 0.05) is 13.0 Å². The van der Waals surface area contributed by atoms with E-state index < -0.39 is 0 Å². The van der Waals surface area contributed by atoms with Crippen molar-refractivity contribution in [3.8, 4) is 0 Å². The molecular weight excluding hydrogens is 182 g/mol. The first-order chi connectivity index (χ1) is 6.84. The van der Waals surface area contributed by atoms with E-state index in [1.807, 2.05) is 12.1 Å². The number of aryl methyl sites for hydroxylation is 1. The molecule has 2 aromatic heterocycles. The Labute approximate surface area is 81.1 Å². The van der Waals surface area contributed by atoms with E-state index in [9.17, 15) is 0 Å². The van der Waals surface area contributed by atoms with Gasteiger partial charge in [0.05, 0.1) is 6.26 Å². The van der Waals surface area contributed by atoms with Crippen LogP contribution in [0.15, 0.2) is 27.3 Å². The lowest BCUT2D eigenvalue weighted by Gasteiger charge is -1.97. The summed E-state index contributed by atoms with van der Waals surface area (Å²) >= 11 is 0. The van der Waals surface area contributed by atoms with E-state index in [1.54, 1.807) is 13.2 Å². The second-order valence-electron chi connectivity index (χ2n) is 2.90. The Morgan fingerprint density at radius 2 is 2.43 bits per heavy atom. The van der Waals surface area contributed by atoms with E-state index in [-0.39, 0.29) is 0 Å². The van der Waals surface area contributed by atoms with Crippen LogP contribution in [0.1, 0.15) is 11.6 Å². The molecule has 0 aliphatic carbocycles. The molecule has 2 rings (SSSR count). The lowest BCUT2D eigenvalue weighted by molar-refractivity contribution is 0.424. The van der Waals surface area contributed by atoms with E-state index >= 15 is 0 Å². The number of nitrogens with zero attached hydrogens (tertiary/aromatic N) is 2. The summed E-state index contributed by atoms with van der Waals surface area (Å²) in [6.07, 6.45) is 2.46. The van der Waals surface area contributed by atoms with Crippen LogP contribution < -0.4 is 5.32 Å². The molecular formula is C9H11N3O2. The van der Waals surface area contributed by atoms with Crippen LogP contribution in [0.3, 0.4) is 0 Å². The van der Waals surface area contributed by atoms with E-state index in [1.165, 1.54) is 0 Å². The molecule has 0 fully saturated rings. The molecule has 0 spiro atoms. The number of aromatic nitrogens is 2. The summed E-state index contributed by atoms with van der Waals surface area (Å²) in [6, 6.07) is 4.25. The monoisotopic (exact) mass is 193 g/mol. The lowest BCUT2D eigenvalue weighted by atomic mass is 10.3. The van der Waals surface area contributed by atoms with Gasteiger partial charge in [0.25, 0.3) is 0 Å². The van der Waals surface area contributed by atoms with Crippen LogP contribution in [0.4, 0.5) is 6.01 Å². The smallest absolute Gasteiger partial charge is 0.321 e. The molecule has 2 heterocycles. The summed E-state index contributed by atoms with van der Waals surface area (Å²) in [5, 5.41) is 6.66. The van der Waals surface area contributed by atoms with Crippen LogP contribution >= 0.6 is 0 Å². The predicted octanol–water partition coefficient (Wildman–Crippen LogP) is 1.63. The maximum Gasteiger partial charge on any atom is 0.321 e.